The van der Waals surface area contributed by atoms with E-state index in [4.69, 9.17) is 5.11 Å². The van der Waals surface area contributed by atoms with Crippen molar-refractivity contribution in [1.82, 2.24) is 9.97 Å². The molecule has 1 aromatic heterocycles. The predicted octanol–water partition coefficient (Wildman–Crippen LogP) is 2.44. The fraction of sp³-hybridized carbons (Fsp3) is 0.714. The summed E-state index contributed by atoms with van der Waals surface area (Å²) in [5.41, 5.74) is 1.15. The average Bonchev–Trinajstić information content (AvgIpc) is 2.43. The van der Waals surface area contributed by atoms with Crippen LogP contribution in [0.4, 0.5) is 11.6 Å². The van der Waals surface area contributed by atoms with Gasteiger partial charge in [0.1, 0.15) is 18.0 Å². The Kier molecular flexibility index (Phi) is 7.89. The highest BCUT2D eigenvalue weighted by atomic mass is 16.2. The second-order valence-electron chi connectivity index (χ2n) is 4.50. The quantitative estimate of drug-likeness (QED) is 0.567. The lowest BCUT2D eigenvalue weighted by molar-refractivity contribution is 0.283. The van der Waals surface area contributed by atoms with Crippen LogP contribution in [0.1, 0.15) is 45.1 Å². The SMILES string of the molecule is CCNc1ncnc(NCCCCCCO)c1CC. The number of hydrogen-bond acceptors (Lipinski definition) is 5. The lowest BCUT2D eigenvalue weighted by Crippen LogP contribution is -2.10. The Morgan fingerprint density at radius 3 is 2.32 bits per heavy atom. The zero-order valence-corrected chi connectivity index (χ0v) is 12.1. The summed E-state index contributed by atoms with van der Waals surface area (Å²) in [6.07, 6.45) is 6.74. The largest absolute Gasteiger partial charge is 0.396 e. The van der Waals surface area contributed by atoms with Crippen LogP contribution >= 0.6 is 0 Å². The van der Waals surface area contributed by atoms with Crippen LogP contribution in [-0.2, 0) is 6.42 Å². The zero-order chi connectivity index (χ0) is 13.9. The molecule has 0 saturated carbocycles. The van der Waals surface area contributed by atoms with Crippen LogP contribution in [0.5, 0.6) is 0 Å². The van der Waals surface area contributed by atoms with Gasteiger partial charge < -0.3 is 15.7 Å². The van der Waals surface area contributed by atoms with Gasteiger partial charge in [-0.3, -0.25) is 0 Å². The summed E-state index contributed by atoms with van der Waals surface area (Å²) < 4.78 is 0. The molecule has 108 valence electrons. The number of aromatic nitrogens is 2. The van der Waals surface area contributed by atoms with Crippen molar-refractivity contribution < 1.29 is 5.11 Å². The first-order chi connectivity index (χ1) is 9.33. The van der Waals surface area contributed by atoms with E-state index < -0.39 is 0 Å². The van der Waals surface area contributed by atoms with E-state index in [1.165, 1.54) is 0 Å². The summed E-state index contributed by atoms with van der Waals surface area (Å²) in [6.45, 7) is 6.26. The molecule has 19 heavy (non-hydrogen) atoms. The van der Waals surface area contributed by atoms with Crippen molar-refractivity contribution >= 4 is 11.6 Å². The third-order valence-electron chi connectivity index (χ3n) is 3.02. The van der Waals surface area contributed by atoms with Crippen LogP contribution in [0.25, 0.3) is 0 Å². The minimum absolute atomic E-state index is 0.297. The molecule has 0 saturated heterocycles. The molecule has 0 aliphatic rings. The van der Waals surface area contributed by atoms with E-state index in [2.05, 4.69) is 34.4 Å². The minimum atomic E-state index is 0.297. The van der Waals surface area contributed by atoms with E-state index in [9.17, 15) is 0 Å². The molecule has 0 bridgehead atoms. The van der Waals surface area contributed by atoms with E-state index in [1.807, 2.05) is 0 Å². The van der Waals surface area contributed by atoms with Crippen LogP contribution in [0.15, 0.2) is 6.33 Å². The van der Waals surface area contributed by atoms with Crippen molar-refractivity contribution in [2.75, 3.05) is 30.3 Å². The summed E-state index contributed by atoms with van der Waals surface area (Å²) in [7, 11) is 0. The van der Waals surface area contributed by atoms with Gasteiger partial charge in [0, 0.05) is 25.3 Å². The Hall–Kier alpha value is -1.36. The highest BCUT2D eigenvalue weighted by molar-refractivity contribution is 5.57. The standard InChI is InChI=1S/C14H26N4O/c1-3-12-13(15-4-2)17-11-18-14(12)16-9-7-5-6-8-10-19/h11,19H,3-10H2,1-2H3,(H2,15,16,17,18). The van der Waals surface area contributed by atoms with Crippen molar-refractivity contribution in [3.05, 3.63) is 11.9 Å². The number of unbranched alkanes of at least 4 members (excludes halogenated alkanes) is 3. The van der Waals surface area contributed by atoms with E-state index in [-0.39, 0.29) is 0 Å². The number of nitrogens with one attached hydrogen (secondary N) is 2. The molecule has 1 rings (SSSR count). The first-order valence-corrected chi connectivity index (χ1v) is 7.25. The minimum Gasteiger partial charge on any atom is -0.396 e. The van der Waals surface area contributed by atoms with E-state index in [1.54, 1.807) is 6.33 Å². The Morgan fingerprint density at radius 2 is 1.68 bits per heavy atom. The van der Waals surface area contributed by atoms with Crippen LogP contribution in [0.3, 0.4) is 0 Å². The maximum Gasteiger partial charge on any atom is 0.134 e. The highest BCUT2D eigenvalue weighted by Gasteiger charge is 2.08. The van der Waals surface area contributed by atoms with Gasteiger partial charge in [0.05, 0.1) is 0 Å². The maximum absolute atomic E-state index is 8.71. The summed E-state index contributed by atoms with van der Waals surface area (Å²) in [5, 5.41) is 15.4. The van der Waals surface area contributed by atoms with Gasteiger partial charge in [-0.25, -0.2) is 9.97 Å². The maximum atomic E-state index is 8.71. The van der Waals surface area contributed by atoms with Crippen molar-refractivity contribution in [1.29, 1.82) is 0 Å². The number of rotatable bonds is 10. The molecule has 0 radical (unpaired) electrons. The second-order valence-corrected chi connectivity index (χ2v) is 4.50. The number of anilines is 2. The molecular weight excluding hydrogens is 240 g/mol. The van der Waals surface area contributed by atoms with E-state index in [0.717, 1.165) is 62.4 Å². The van der Waals surface area contributed by atoms with Gasteiger partial charge in [0.25, 0.3) is 0 Å². The van der Waals surface area contributed by atoms with Gasteiger partial charge in [-0.05, 0) is 26.2 Å². The Labute approximate surface area is 115 Å². The smallest absolute Gasteiger partial charge is 0.134 e. The van der Waals surface area contributed by atoms with Crippen LogP contribution < -0.4 is 10.6 Å². The number of aliphatic hydroxyl groups excluding tert-OH is 1. The van der Waals surface area contributed by atoms with Gasteiger partial charge in [0.2, 0.25) is 0 Å². The van der Waals surface area contributed by atoms with Crippen LogP contribution in [0, 0.1) is 0 Å². The van der Waals surface area contributed by atoms with E-state index >= 15 is 0 Å². The van der Waals surface area contributed by atoms with Gasteiger partial charge in [-0.2, -0.15) is 0 Å². The molecule has 0 atom stereocenters. The average molecular weight is 266 g/mol. The Bertz CT molecular complexity index is 357. The summed E-state index contributed by atoms with van der Waals surface area (Å²) in [6, 6.07) is 0. The molecule has 0 aliphatic carbocycles. The first-order valence-electron chi connectivity index (χ1n) is 7.25. The molecule has 0 amide bonds. The number of hydrogen-bond donors (Lipinski definition) is 3. The summed E-state index contributed by atoms with van der Waals surface area (Å²) in [5.74, 6) is 1.87. The number of aliphatic hydroxyl groups is 1. The van der Waals surface area contributed by atoms with Gasteiger partial charge >= 0.3 is 0 Å². The monoisotopic (exact) mass is 266 g/mol. The fourth-order valence-electron chi connectivity index (χ4n) is 2.02. The molecule has 3 N–H and O–H groups in total. The Balaban J connectivity index is 2.46. The second kappa shape index (κ2) is 9.55. The molecule has 0 aromatic carbocycles. The first kappa shape index (κ1) is 15.7. The zero-order valence-electron chi connectivity index (χ0n) is 12.1. The topological polar surface area (TPSA) is 70.1 Å². The lowest BCUT2D eigenvalue weighted by atomic mass is 10.2. The predicted molar refractivity (Wildman–Crippen MR) is 79.6 cm³/mol. The van der Waals surface area contributed by atoms with Gasteiger partial charge in [-0.1, -0.05) is 19.8 Å². The molecule has 0 spiro atoms. The van der Waals surface area contributed by atoms with Crippen LogP contribution in [-0.4, -0.2) is 34.8 Å². The molecule has 0 unspecified atom stereocenters. The fourth-order valence-corrected chi connectivity index (χ4v) is 2.02. The molecule has 0 fully saturated rings. The number of nitrogens with zero attached hydrogens (tertiary/aromatic N) is 2. The third kappa shape index (κ3) is 5.42. The van der Waals surface area contributed by atoms with E-state index in [0.29, 0.717) is 6.61 Å². The van der Waals surface area contributed by atoms with Crippen LogP contribution in [0.2, 0.25) is 0 Å². The van der Waals surface area contributed by atoms with Gasteiger partial charge in [-0.15, -0.1) is 0 Å². The van der Waals surface area contributed by atoms with Crippen molar-refractivity contribution in [2.45, 2.75) is 46.0 Å². The molecule has 1 aromatic rings. The Morgan fingerprint density at radius 1 is 1.00 bits per heavy atom. The summed E-state index contributed by atoms with van der Waals surface area (Å²) >= 11 is 0. The molecule has 5 heteroatoms. The normalized spacial score (nSPS) is 10.5. The van der Waals surface area contributed by atoms with Crippen molar-refractivity contribution in [3.8, 4) is 0 Å². The summed E-state index contributed by atoms with van der Waals surface area (Å²) in [4.78, 5) is 8.60. The molecule has 0 aliphatic heterocycles. The van der Waals surface area contributed by atoms with Gasteiger partial charge in [0.15, 0.2) is 0 Å². The third-order valence-corrected chi connectivity index (χ3v) is 3.02. The van der Waals surface area contributed by atoms with Crippen molar-refractivity contribution in [2.24, 2.45) is 0 Å². The lowest BCUT2D eigenvalue weighted by Gasteiger charge is -2.13. The molecule has 1 heterocycles. The molecular formula is C14H26N4O. The molecule has 5 nitrogen and oxygen atoms in total. The van der Waals surface area contributed by atoms with Crippen molar-refractivity contribution in [3.63, 3.8) is 0 Å². The highest BCUT2D eigenvalue weighted by Crippen LogP contribution is 2.20.